The second-order valence-corrected chi connectivity index (χ2v) is 5.25. The van der Waals surface area contributed by atoms with Gasteiger partial charge in [-0.2, -0.15) is 0 Å². The molecule has 0 spiro atoms. The van der Waals surface area contributed by atoms with Crippen molar-refractivity contribution in [3.63, 3.8) is 0 Å². The number of hydrogen-bond donors (Lipinski definition) is 4. The molecule has 1 fully saturated rings. The van der Waals surface area contributed by atoms with Crippen LogP contribution in [0.1, 0.15) is 20.7 Å². The van der Waals surface area contributed by atoms with Gasteiger partial charge in [-0.1, -0.05) is 12.1 Å². The van der Waals surface area contributed by atoms with Crippen LogP contribution in [-0.4, -0.2) is 74.4 Å². The molecule has 4 N–H and O–H groups in total. The summed E-state index contributed by atoms with van der Waals surface area (Å²) < 4.78 is 4.99. The topological polar surface area (TPSA) is 128 Å². The Bertz CT molecular complexity index is 584. The van der Waals surface area contributed by atoms with Crippen LogP contribution in [-0.2, 0) is 4.74 Å². The zero-order chi connectivity index (χ0) is 16.0. The van der Waals surface area contributed by atoms with E-state index in [2.05, 4.69) is 0 Å². The highest BCUT2D eigenvalue weighted by molar-refractivity contribution is 6.21. The van der Waals surface area contributed by atoms with E-state index in [9.17, 15) is 24.9 Å². The number of carbonyl (C=O) groups excluding carboxylic acids is 2. The average molecular weight is 309 g/mol. The molecule has 0 aliphatic carbocycles. The van der Waals surface area contributed by atoms with Crippen LogP contribution in [0, 0.1) is 0 Å². The Morgan fingerprint density at radius 1 is 1.00 bits per heavy atom. The van der Waals surface area contributed by atoms with Gasteiger partial charge >= 0.3 is 0 Å². The molecule has 2 amide bonds. The molecule has 0 bridgehead atoms. The lowest BCUT2D eigenvalue weighted by Gasteiger charge is -2.42. The molecule has 0 radical (unpaired) electrons. The van der Waals surface area contributed by atoms with Crippen molar-refractivity contribution in [1.82, 2.24) is 4.90 Å². The molecule has 2 aliphatic heterocycles. The van der Waals surface area contributed by atoms with E-state index in [1.807, 2.05) is 0 Å². The molecule has 0 aromatic heterocycles. The zero-order valence-electron chi connectivity index (χ0n) is 11.4. The van der Waals surface area contributed by atoms with E-state index in [1.165, 1.54) is 12.1 Å². The molecule has 0 saturated carbocycles. The highest BCUT2D eigenvalue weighted by Crippen LogP contribution is 2.31. The van der Waals surface area contributed by atoms with Crippen LogP contribution >= 0.6 is 0 Å². The largest absolute Gasteiger partial charge is 0.394 e. The maximum absolute atomic E-state index is 12.4. The summed E-state index contributed by atoms with van der Waals surface area (Å²) in [5.74, 6) is -1.36. The summed E-state index contributed by atoms with van der Waals surface area (Å²) in [7, 11) is 0. The van der Waals surface area contributed by atoms with Gasteiger partial charge < -0.3 is 25.2 Å². The van der Waals surface area contributed by atoms with Crippen molar-refractivity contribution < 1.29 is 34.8 Å². The minimum atomic E-state index is -1.71. The second-order valence-electron chi connectivity index (χ2n) is 5.25. The highest BCUT2D eigenvalue weighted by atomic mass is 16.6. The summed E-state index contributed by atoms with van der Waals surface area (Å²) in [6, 6.07) is 4.66. The third-order valence-electron chi connectivity index (χ3n) is 3.99. The Balaban J connectivity index is 1.95. The maximum Gasteiger partial charge on any atom is 0.262 e. The molecular weight excluding hydrogens is 294 g/mol. The van der Waals surface area contributed by atoms with E-state index < -0.39 is 49.1 Å². The Morgan fingerprint density at radius 3 is 2.05 bits per heavy atom. The highest BCUT2D eigenvalue weighted by Gasteiger charge is 2.52. The normalized spacial score (nSPS) is 34.9. The van der Waals surface area contributed by atoms with Crippen LogP contribution in [0.3, 0.4) is 0 Å². The van der Waals surface area contributed by atoms with Crippen LogP contribution in [0.25, 0.3) is 0 Å². The first-order chi connectivity index (χ1) is 10.5. The van der Waals surface area contributed by atoms with Crippen LogP contribution in [0.4, 0.5) is 0 Å². The fourth-order valence-corrected chi connectivity index (χ4v) is 2.84. The van der Waals surface area contributed by atoms with E-state index in [4.69, 9.17) is 9.84 Å². The van der Waals surface area contributed by atoms with Crippen molar-refractivity contribution in [1.29, 1.82) is 0 Å². The van der Waals surface area contributed by atoms with Crippen molar-refractivity contribution >= 4 is 11.8 Å². The Morgan fingerprint density at radius 2 is 1.55 bits per heavy atom. The number of rotatable bonds is 2. The van der Waals surface area contributed by atoms with Crippen LogP contribution in [0.5, 0.6) is 0 Å². The van der Waals surface area contributed by atoms with Gasteiger partial charge in [0.2, 0.25) is 0 Å². The average Bonchev–Trinajstić information content (AvgIpc) is 2.77. The molecule has 118 valence electrons. The van der Waals surface area contributed by atoms with Crippen molar-refractivity contribution in [2.45, 2.75) is 30.6 Å². The van der Waals surface area contributed by atoms with Gasteiger partial charge in [0.05, 0.1) is 17.7 Å². The molecule has 1 aromatic rings. The molecule has 2 aliphatic rings. The Kier molecular flexibility index (Phi) is 3.71. The number of nitrogens with zero attached hydrogens (tertiary/aromatic N) is 1. The van der Waals surface area contributed by atoms with Gasteiger partial charge in [-0.3, -0.25) is 14.5 Å². The third-order valence-corrected chi connectivity index (χ3v) is 3.99. The zero-order valence-corrected chi connectivity index (χ0v) is 11.4. The molecule has 0 unspecified atom stereocenters. The molecule has 2 heterocycles. The number of amides is 2. The lowest BCUT2D eigenvalue weighted by Crippen LogP contribution is -2.65. The van der Waals surface area contributed by atoms with E-state index >= 15 is 0 Å². The van der Waals surface area contributed by atoms with Crippen molar-refractivity contribution in [3.8, 4) is 0 Å². The van der Waals surface area contributed by atoms with Gasteiger partial charge in [-0.05, 0) is 12.1 Å². The van der Waals surface area contributed by atoms with E-state index in [1.54, 1.807) is 12.1 Å². The van der Waals surface area contributed by atoms with E-state index in [0.717, 1.165) is 0 Å². The predicted molar refractivity (Wildman–Crippen MR) is 70.7 cm³/mol. The van der Waals surface area contributed by atoms with E-state index in [0.29, 0.717) is 4.90 Å². The monoisotopic (exact) mass is 309 g/mol. The standard InChI is InChI=1S/C14H15NO7/c16-5-8-10(17)11(18)9(14(21)22-8)15-12(19)6-3-1-2-4-7(6)13(15)20/h1-4,8-11,14,16-18,21H,5H2/t8-,9-,10-,11-,14-/m1/s1. The maximum atomic E-state index is 12.4. The van der Waals surface area contributed by atoms with Gasteiger partial charge in [0.25, 0.3) is 11.8 Å². The number of benzene rings is 1. The lowest BCUT2D eigenvalue weighted by atomic mass is 9.96. The SMILES string of the molecule is O=C1c2ccccc2C(=O)N1[C@@H]1[C@@H](O)[C@H](O)[C@@H](CO)O[C@H]1O. The van der Waals surface area contributed by atoms with Crippen LogP contribution in [0.15, 0.2) is 24.3 Å². The smallest absolute Gasteiger partial charge is 0.262 e. The van der Waals surface area contributed by atoms with E-state index in [-0.39, 0.29) is 11.1 Å². The molecule has 22 heavy (non-hydrogen) atoms. The summed E-state index contributed by atoms with van der Waals surface area (Å²) in [6.07, 6.45) is -6.08. The quantitative estimate of drug-likeness (QED) is 0.469. The summed E-state index contributed by atoms with van der Waals surface area (Å²) >= 11 is 0. The second kappa shape index (κ2) is 5.41. The van der Waals surface area contributed by atoms with Crippen molar-refractivity contribution in [3.05, 3.63) is 35.4 Å². The van der Waals surface area contributed by atoms with Crippen LogP contribution < -0.4 is 0 Å². The number of fused-ring (bicyclic) bond motifs is 1. The minimum Gasteiger partial charge on any atom is -0.394 e. The summed E-state index contributed by atoms with van der Waals surface area (Å²) in [5.41, 5.74) is 0.316. The first-order valence-corrected chi connectivity index (χ1v) is 6.74. The lowest BCUT2D eigenvalue weighted by molar-refractivity contribution is -0.263. The number of ether oxygens (including phenoxy) is 1. The number of hydrogen-bond acceptors (Lipinski definition) is 7. The van der Waals surface area contributed by atoms with Gasteiger partial charge in [-0.15, -0.1) is 0 Å². The molecule has 8 heteroatoms. The number of aliphatic hydroxyl groups excluding tert-OH is 4. The summed E-state index contributed by atoms with van der Waals surface area (Å²) in [4.78, 5) is 25.4. The molecule has 1 aromatic carbocycles. The number of carbonyl (C=O) groups is 2. The van der Waals surface area contributed by atoms with Gasteiger partial charge in [0.1, 0.15) is 24.4 Å². The van der Waals surface area contributed by atoms with Crippen LogP contribution in [0.2, 0.25) is 0 Å². The number of aliphatic hydroxyl groups is 4. The molecule has 1 saturated heterocycles. The van der Waals surface area contributed by atoms with Gasteiger partial charge in [0.15, 0.2) is 6.29 Å². The predicted octanol–water partition coefficient (Wildman–Crippen LogP) is -1.92. The fourth-order valence-electron chi connectivity index (χ4n) is 2.84. The third kappa shape index (κ3) is 2.04. The first kappa shape index (κ1) is 15.1. The minimum absolute atomic E-state index is 0.158. The molecule has 3 rings (SSSR count). The Hall–Kier alpha value is -1.84. The number of imide groups is 1. The first-order valence-electron chi connectivity index (χ1n) is 6.74. The van der Waals surface area contributed by atoms with Gasteiger partial charge in [-0.25, -0.2) is 0 Å². The van der Waals surface area contributed by atoms with Gasteiger partial charge in [0, 0.05) is 0 Å². The van der Waals surface area contributed by atoms with Crippen molar-refractivity contribution in [2.75, 3.05) is 6.61 Å². The molecule has 5 atom stereocenters. The molecular formula is C14H15NO7. The van der Waals surface area contributed by atoms with Crippen molar-refractivity contribution in [2.24, 2.45) is 0 Å². The Labute approximate surface area is 125 Å². The summed E-state index contributed by atoms with van der Waals surface area (Å²) in [6.45, 7) is -0.621. The summed E-state index contributed by atoms with van der Waals surface area (Å²) in [5, 5.41) is 39.0. The molecule has 8 nitrogen and oxygen atoms in total. The fraction of sp³-hybridized carbons (Fsp3) is 0.429.